The van der Waals surface area contributed by atoms with Gasteiger partial charge in [0, 0.05) is 0 Å². The Bertz CT molecular complexity index is 1870. The molecule has 6 aromatic carbocycles. The molecule has 0 aliphatic carbocycles. The average molecular weight is 746 g/mol. The van der Waals surface area contributed by atoms with E-state index < -0.39 is 16.1 Å². The molecule has 0 amide bonds. The first-order valence-corrected chi connectivity index (χ1v) is 27.2. The minimum atomic E-state index is -1.22. The Labute approximate surface area is 306 Å². The van der Waals surface area contributed by atoms with Gasteiger partial charge in [0.25, 0.3) is 0 Å². The van der Waals surface area contributed by atoms with Crippen molar-refractivity contribution in [2.75, 3.05) is 0 Å². The second kappa shape index (κ2) is 16.8. The molecule has 0 atom stereocenters. The molecule has 0 nitrogen and oxygen atoms in total. The molecule has 0 heterocycles. The Morgan fingerprint density at radius 3 is 1.55 bits per heavy atom. The molecular weight excluding hydrogens is 692 g/mol. The van der Waals surface area contributed by atoms with Crippen molar-refractivity contribution in [1.82, 2.24) is 0 Å². The molecule has 0 aromatic heterocycles. The molecule has 4 heteroatoms. The summed E-state index contributed by atoms with van der Waals surface area (Å²) >= 11 is 1.36. The van der Waals surface area contributed by atoms with Crippen LogP contribution in [-0.2, 0) is 23.3 Å². The van der Waals surface area contributed by atoms with Crippen molar-refractivity contribution in [3.63, 3.8) is 0 Å². The van der Waals surface area contributed by atoms with Crippen LogP contribution < -0.4 is 10.4 Å². The normalized spacial score (nSPS) is 11.2. The Morgan fingerprint density at radius 1 is 0.596 bits per heavy atom. The van der Waals surface area contributed by atoms with Crippen LogP contribution in [0.15, 0.2) is 103 Å². The van der Waals surface area contributed by atoms with Crippen molar-refractivity contribution in [3.8, 4) is 22.3 Å². The standard InChI is InChI=1S/C21H25Si.C20H23Si.2CH3.Si.Zr/c1-15(2)18-13-17-7-6-8-20(21(17)14-18)16-9-11-19(12-10-16)22(3,4)5;1-14-12-19-15(2)6-11-18(20(19)13-14)16-7-9-17(10-8-16)21(3,4)5;;;;/h6-15H,1-5H3;6-13H,1-5H3;2*1H3;;/q4*-1;;. The van der Waals surface area contributed by atoms with Gasteiger partial charge in [-0.25, -0.2) is 0 Å². The van der Waals surface area contributed by atoms with Gasteiger partial charge in [-0.3, -0.25) is 0 Å². The third-order valence-corrected chi connectivity index (χ3v) is 12.9. The first-order valence-electron chi connectivity index (χ1n) is 16.1. The fourth-order valence-corrected chi connectivity index (χ4v) is 8.32. The van der Waals surface area contributed by atoms with Gasteiger partial charge in [0.15, 0.2) is 0 Å². The Kier molecular flexibility index (Phi) is 14.6. The van der Waals surface area contributed by atoms with Crippen molar-refractivity contribution in [1.29, 1.82) is 0 Å². The predicted molar refractivity (Wildman–Crippen MR) is 218 cm³/mol. The summed E-state index contributed by atoms with van der Waals surface area (Å²) in [5, 5.41) is 8.55. The molecule has 0 unspecified atom stereocenters. The van der Waals surface area contributed by atoms with Crippen molar-refractivity contribution >= 4 is 54.9 Å². The maximum absolute atomic E-state index is 3.06. The van der Waals surface area contributed by atoms with Crippen molar-refractivity contribution in [3.05, 3.63) is 135 Å². The van der Waals surface area contributed by atoms with Crippen LogP contribution in [0.1, 0.15) is 36.5 Å². The molecule has 0 N–H and O–H groups in total. The maximum atomic E-state index is 3.06. The van der Waals surface area contributed by atoms with E-state index in [2.05, 4.69) is 177 Å². The Hall–Kier alpha value is -2.37. The van der Waals surface area contributed by atoms with E-state index in [4.69, 9.17) is 0 Å². The molecule has 6 rings (SSSR count). The zero-order chi connectivity index (χ0) is 33.1. The summed E-state index contributed by atoms with van der Waals surface area (Å²) in [6, 6.07) is 38.9. The third-order valence-electron chi connectivity index (χ3n) is 8.81. The van der Waals surface area contributed by atoms with E-state index >= 15 is 0 Å². The second-order valence-electron chi connectivity index (χ2n) is 14.7. The topological polar surface area (TPSA) is 0 Å². The van der Waals surface area contributed by atoms with E-state index in [1.165, 1.54) is 94.2 Å². The van der Waals surface area contributed by atoms with Crippen LogP contribution in [0.25, 0.3) is 43.8 Å². The quantitative estimate of drug-likeness (QED) is 0.122. The zero-order valence-corrected chi connectivity index (χ0v) is 36.4. The summed E-state index contributed by atoms with van der Waals surface area (Å²) in [5.74, 6) is 0.578. The van der Waals surface area contributed by atoms with Crippen LogP contribution in [0.2, 0.25) is 39.3 Å². The van der Waals surface area contributed by atoms with E-state index in [0.717, 1.165) is 0 Å². The number of fused-ring (bicyclic) bond motifs is 2. The van der Waals surface area contributed by atoms with Gasteiger partial charge in [0.05, 0.1) is 16.1 Å². The van der Waals surface area contributed by atoms with E-state index in [1.54, 1.807) is 0 Å². The molecule has 0 saturated carbocycles. The summed E-state index contributed by atoms with van der Waals surface area (Å²) in [4.78, 5) is 0. The van der Waals surface area contributed by atoms with Gasteiger partial charge < -0.3 is 14.9 Å². The van der Waals surface area contributed by atoms with Crippen LogP contribution in [0, 0.1) is 28.7 Å². The van der Waals surface area contributed by atoms with Crippen LogP contribution in [0.5, 0.6) is 0 Å². The van der Waals surface area contributed by atoms with Crippen molar-refractivity contribution < 1.29 is 23.3 Å². The first-order chi connectivity index (χ1) is 21.2. The van der Waals surface area contributed by atoms with Crippen LogP contribution >= 0.6 is 0 Å². The number of rotatable bonds is 5. The fourth-order valence-electron chi connectivity index (χ4n) is 5.98. The number of hydrogen-bond acceptors (Lipinski definition) is 0. The van der Waals surface area contributed by atoms with Crippen molar-refractivity contribution in [2.45, 2.75) is 72.9 Å². The van der Waals surface area contributed by atoms with E-state index in [1.807, 2.05) is 0 Å². The Morgan fingerprint density at radius 2 is 1.09 bits per heavy atom. The van der Waals surface area contributed by atoms with Crippen molar-refractivity contribution in [2.24, 2.45) is 0 Å². The van der Waals surface area contributed by atoms with E-state index in [9.17, 15) is 0 Å². The Balaban J connectivity index is 0.000000299. The minimum absolute atomic E-state index is 0. The van der Waals surface area contributed by atoms with Gasteiger partial charge in [-0.1, -0.05) is 149 Å². The molecule has 0 aliphatic rings. The van der Waals surface area contributed by atoms with Crippen LogP contribution in [-0.4, -0.2) is 23.0 Å². The average Bonchev–Trinajstić information content (AvgIpc) is 3.62. The molecule has 0 bridgehead atoms. The number of aryl methyl sites for hydroxylation is 2. The van der Waals surface area contributed by atoms with Gasteiger partial charge in [0.1, 0.15) is 0 Å². The van der Waals surface area contributed by atoms with Crippen LogP contribution in [0.3, 0.4) is 0 Å². The number of benzene rings is 4. The third kappa shape index (κ3) is 9.63. The first kappa shape index (κ1) is 40.8. The van der Waals surface area contributed by atoms with Gasteiger partial charge >= 0.3 is 30.2 Å². The summed E-state index contributed by atoms with van der Waals surface area (Å²) in [7, 11) is -2.44. The summed E-state index contributed by atoms with van der Waals surface area (Å²) in [6.07, 6.45) is 0. The van der Waals surface area contributed by atoms with Gasteiger partial charge in [-0.2, -0.15) is 12.1 Å². The zero-order valence-electron chi connectivity index (χ0n) is 30.9. The van der Waals surface area contributed by atoms with Gasteiger partial charge in [-0.05, 0) is 17.0 Å². The summed E-state index contributed by atoms with van der Waals surface area (Å²) in [6.45, 7) is 26.3. The molecular formula is C43H54Si3Zr-4. The van der Waals surface area contributed by atoms with Gasteiger partial charge in [-0.15, -0.1) is 68.6 Å². The SMILES string of the molecule is CC(C)c1cc2c(-c3ccc([Si](C)(C)C)cc3)cccc2[cH-]1.Cc1cc2c(-c3ccc([Si](C)(C)C)cc3)ccc(C)c2[cH-]1.[CH3-].[CH3-].[Si]=[Zr]. The molecule has 0 fully saturated rings. The van der Waals surface area contributed by atoms with E-state index in [0.29, 0.717) is 5.92 Å². The summed E-state index contributed by atoms with van der Waals surface area (Å²) in [5.41, 5.74) is 9.50. The van der Waals surface area contributed by atoms with Gasteiger partial charge in [0.2, 0.25) is 0 Å². The monoisotopic (exact) mass is 744 g/mol. The molecule has 0 spiro atoms. The molecule has 0 aliphatic heterocycles. The summed E-state index contributed by atoms with van der Waals surface area (Å²) < 4.78 is 0. The fraction of sp³-hybridized carbons (Fsp3) is 0.256. The number of hydrogen-bond donors (Lipinski definition) is 0. The molecule has 6 aromatic rings. The molecule has 0 saturated heterocycles. The predicted octanol–water partition coefficient (Wildman–Crippen LogP) is 11.8. The van der Waals surface area contributed by atoms with Crippen LogP contribution in [0.4, 0.5) is 0 Å². The van der Waals surface area contributed by atoms with E-state index in [-0.39, 0.29) is 14.9 Å². The second-order valence-corrected chi connectivity index (χ2v) is 24.9. The molecule has 246 valence electrons. The molecule has 2 radical (unpaired) electrons. The molecule has 47 heavy (non-hydrogen) atoms.